The zero-order valence-corrected chi connectivity index (χ0v) is 17.6. The van der Waals surface area contributed by atoms with Crippen molar-refractivity contribution in [2.24, 2.45) is 5.92 Å². The van der Waals surface area contributed by atoms with E-state index in [0.717, 1.165) is 28.4 Å². The molecule has 0 aliphatic carbocycles. The number of carbonyl (C=O) groups excluding carboxylic acids is 1. The molecule has 1 aliphatic rings. The number of likely N-dealkylation sites (N-methyl/N-ethyl adjacent to an activating group) is 1. The predicted molar refractivity (Wildman–Crippen MR) is 113 cm³/mol. The Bertz CT molecular complexity index is 837. The molecule has 0 aromatic heterocycles. The Morgan fingerprint density at radius 1 is 1.14 bits per heavy atom. The zero-order chi connectivity index (χ0) is 20.8. The lowest BCUT2D eigenvalue weighted by Gasteiger charge is -2.28. The molecule has 6 nitrogen and oxygen atoms in total. The second-order valence-electron chi connectivity index (χ2n) is 7.61. The highest BCUT2D eigenvalue weighted by molar-refractivity contribution is 5.74. The van der Waals surface area contributed by atoms with Gasteiger partial charge >= 0.3 is 6.03 Å². The van der Waals surface area contributed by atoms with Crippen LogP contribution in [0.15, 0.2) is 42.5 Å². The molecule has 29 heavy (non-hydrogen) atoms. The van der Waals surface area contributed by atoms with Crippen molar-refractivity contribution in [1.82, 2.24) is 10.2 Å². The minimum Gasteiger partial charge on any atom is -0.491 e. The normalized spacial score (nSPS) is 13.7. The monoisotopic (exact) mass is 398 g/mol. The molecule has 1 aliphatic heterocycles. The van der Waals surface area contributed by atoms with Crippen LogP contribution in [0.25, 0.3) is 0 Å². The molecule has 0 radical (unpaired) electrons. The Kier molecular flexibility index (Phi) is 6.86. The van der Waals surface area contributed by atoms with Crippen molar-refractivity contribution < 1.29 is 19.0 Å². The summed E-state index contributed by atoms with van der Waals surface area (Å²) in [6.45, 7) is 8.21. The summed E-state index contributed by atoms with van der Waals surface area (Å²) in [6, 6.07) is 13.5. The molecular formula is C23H30N2O4. The number of hydrogen-bond acceptors (Lipinski definition) is 4. The lowest BCUT2D eigenvalue weighted by atomic mass is 9.95. The van der Waals surface area contributed by atoms with Crippen LogP contribution in [0.2, 0.25) is 0 Å². The molecule has 156 valence electrons. The van der Waals surface area contributed by atoms with Crippen LogP contribution in [0.5, 0.6) is 17.2 Å². The number of rotatable bonds is 7. The summed E-state index contributed by atoms with van der Waals surface area (Å²) in [4.78, 5) is 14.4. The quantitative estimate of drug-likeness (QED) is 0.760. The van der Waals surface area contributed by atoms with Crippen LogP contribution in [0.1, 0.15) is 31.0 Å². The maximum atomic E-state index is 12.7. The van der Waals surface area contributed by atoms with Gasteiger partial charge in [-0.05, 0) is 42.2 Å². The van der Waals surface area contributed by atoms with Gasteiger partial charge < -0.3 is 24.4 Å². The maximum Gasteiger partial charge on any atom is 0.317 e. The summed E-state index contributed by atoms with van der Waals surface area (Å²) in [7, 11) is 1.78. The number of nitrogens with zero attached hydrogens (tertiary/aromatic N) is 1. The maximum absolute atomic E-state index is 12.7. The Hall–Kier alpha value is -2.89. The molecule has 2 amide bonds. The average Bonchev–Trinajstić information content (AvgIpc) is 2.72. The van der Waals surface area contributed by atoms with Crippen molar-refractivity contribution in [1.29, 1.82) is 0 Å². The smallest absolute Gasteiger partial charge is 0.317 e. The summed E-state index contributed by atoms with van der Waals surface area (Å²) in [5.41, 5.74) is 2.08. The number of carbonyl (C=O) groups is 1. The van der Waals surface area contributed by atoms with Crippen LogP contribution in [-0.2, 0) is 0 Å². The molecule has 1 atom stereocenters. The van der Waals surface area contributed by atoms with Crippen molar-refractivity contribution in [3.05, 3.63) is 53.6 Å². The topological polar surface area (TPSA) is 60.0 Å². The second-order valence-corrected chi connectivity index (χ2v) is 7.61. The van der Waals surface area contributed by atoms with Gasteiger partial charge in [0.05, 0.1) is 12.6 Å². The van der Waals surface area contributed by atoms with E-state index < -0.39 is 0 Å². The van der Waals surface area contributed by atoms with E-state index >= 15 is 0 Å². The molecular weight excluding hydrogens is 368 g/mol. The van der Waals surface area contributed by atoms with Crippen molar-refractivity contribution in [3.8, 4) is 17.2 Å². The number of ether oxygens (including phenoxy) is 3. The fourth-order valence-corrected chi connectivity index (χ4v) is 3.24. The molecule has 0 saturated carbocycles. The molecule has 1 N–H and O–H groups in total. The minimum absolute atomic E-state index is 0.127. The van der Waals surface area contributed by atoms with Gasteiger partial charge in [-0.2, -0.15) is 0 Å². The van der Waals surface area contributed by atoms with Gasteiger partial charge in [0, 0.05) is 7.05 Å². The number of hydrogen-bond donors (Lipinski definition) is 1. The number of aryl methyl sites for hydroxylation is 1. The van der Waals surface area contributed by atoms with Gasteiger partial charge in [-0.1, -0.05) is 38.1 Å². The van der Waals surface area contributed by atoms with E-state index in [4.69, 9.17) is 14.2 Å². The van der Waals surface area contributed by atoms with E-state index in [-0.39, 0.29) is 18.0 Å². The average molecular weight is 399 g/mol. The molecule has 2 aromatic rings. The van der Waals surface area contributed by atoms with Crippen molar-refractivity contribution >= 4 is 6.03 Å². The van der Waals surface area contributed by atoms with Gasteiger partial charge in [-0.25, -0.2) is 4.79 Å². The first-order valence-electron chi connectivity index (χ1n) is 10.1. The molecule has 0 saturated heterocycles. The standard InChI is InChI=1S/C23H30N2O4/c1-16(2)22(18-9-10-20-21(15-18)29-14-13-28-20)24-23(26)25(4)11-12-27-19-8-6-5-7-17(19)3/h5-10,15-16,22H,11-14H2,1-4H3,(H,24,26). The molecule has 0 spiro atoms. The summed E-state index contributed by atoms with van der Waals surface area (Å²) >= 11 is 0. The number of para-hydroxylation sites is 1. The predicted octanol–water partition coefficient (Wildman–Crippen LogP) is 4.18. The van der Waals surface area contributed by atoms with E-state index in [1.165, 1.54) is 0 Å². The third-order valence-corrected chi connectivity index (χ3v) is 5.00. The van der Waals surface area contributed by atoms with E-state index in [1.54, 1.807) is 11.9 Å². The van der Waals surface area contributed by atoms with Crippen LogP contribution < -0.4 is 19.5 Å². The highest BCUT2D eigenvalue weighted by Crippen LogP contribution is 2.34. The zero-order valence-electron chi connectivity index (χ0n) is 17.6. The van der Waals surface area contributed by atoms with E-state index in [2.05, 4.69) is 19.2 Å². The van der Waals surface area contributed by atoms with E-state index in [9.17, 15) is 4.79 Å². The van der Waals surface area contributed by atoms with Crippen molar-refractivity contribution in [2.75, 3.05) is 33.4 Å². The number of amides is 2. The van der Waals surface area contributed by atoms with Crippen molar-refractivity contribution in [3.63, 3.8) is 0 Å². The van der Waals surface area contributed by atoms with Crippen LogP contribution in [0.4, 0.5) is 4.79 Å². The number of benzene rings is 2. The molecule has 1 unspecified atom stereocenters. The van der Waals surface area contributed by atoms with Gasteiger partial charge in [0.1, 0.15) is 25.6 Å². The molecule has 1 heterocycles. The molecule has 2 aromatic carbocycles. The highest BCUT2D eigenvalue weighted by Gasteiger charge is 2.22. The van der Waals surface area contributed by atoms with Gasteiger partial charge in [-0.15, -0.1) is 0 Å². The van der Waals surface area contributed by atoms with Crippen molar-refractivity contribution in [2.45, 2.75) is 26.8 Å². The summed E-state index contributed by atoms with van der Waals surface area (Å²) < 4.78 is 17.1. The highest BCUT2D eigenvalue weighted by atomic mass is 16.6. The molecule has 6 heteroatoms. The first kappa shape index (κ1) is 20.8. The van der Waals surface area contributed by atoms with E-state index in [1.807, 2.05) is 49.4 Å². The van der Waals surface area contributed by atoms with E-state index in [0.29, 0.717) is 26.4 Å². The molecule has 3 rings (SSSR count). The van der Waals surface area contributed by atoms with Crippen LogP contribution in [0.3, 0.4) is 0 Å². The van der Waals surface area contributed by atoms with Crippen LogP contribution in [-0.4, -0.2) is 44.3 Å². The van der Waals surface area contributed by atoms with Crippen LogP contribution >= 0.6 is 0 Å². The number of nitrogens with one attached hydrogen (secondary N) is 1. The largest absolute Gasteiger partial charge is 0.491 e. The molecule has 0 bridgehead atoms. The molecule has 0 fully saturated rings. The second kappa shape index (κ2) is 9.54. The first-order valence-corrected chi connectivity index (χ1v) is 10.1. The fourth-order valence-electron chi connectivity index (χ4n) is 3.24. The van der Waals surface area contributed by atoms with Gasteiger partial charge in [0.2, 0.25) is 0 Å². The van der Waals surface area contributed by atoms with Gasteiger partial charge in [-0.3, -0.25) is 0 Å². The Morgan fingerprint density at radius 3 is 2.59 bits per heavy atom. The SMILES string of the molecule is Cc1ccccc1OCCN(C)C(=O)NC(c1ccc2c(c1)OCCO2)C(C)C. The van der Waals surface area contributed by atoms with Gasteiger partial charge in [0.25, 0.3) is 0 Å². The summed E-state index contributed by atoms with van der Waals surface area (Å²) in [5.74, 6) is 2.55. The van der Waals surface area contributed by atoms with Crippen LogP contribution in [0, 0.1) is 12.8 Å². The minimum atomic E-state index is -0.132. The first-order chi connectivity index (χ1) is 14.0. The van der Waals surface area contributed by atoms with Gasteiger partial charge in [0.15, 0.2) is 11.5 Å². The summed E-state index contributed by atoms with van der Waals surface area (Å²) in [5, 5.41) is 3.13. The number of fused-ring (bicyclic) bond motifs is 1. The number of urea groups is 1. The third kappa shape index (κ3) is 5.34. The lowest BCUT2D eigenvalue weighted by Crippen LogP contribution is -2.42. The summed E-state index contributed by atoms with van der Waals surface area (Å²) in [6.07, 6.45) is 0. The lowest BCUT2D eigenvalue weighted by molar-refractivity contribution is 0.171. The fraction of sp³-hybridized carbons (Fsp3) is 0.435. The Balaban J connectivity index is 1.58. The third-order valence-electron chi connectivity index (χ3n) is 5.00. The Morgan fingerprint density at radius 2 is 1.86 bits per heavy atom. The Labute approximate surface area is 172 Å².